The van der Waals surface area contributed by atoms with Crippen LogP contribution < -0.4 is 4.90 Å². The minimum atomic E-state index is 0.460. The number of nitrogens with zero attached hydrogens (tertiary/aromatic N) is 5. The van der Waals surface area contributed by atoms with Crippen LogP contribution in [0, 0.1) is 0 Å². The van der Waals surface area contributed by atoms with E-state index in [9.17, 15) is 0 Å². The summed E-state index contributed by atoms with van der Waals surface area (Å²) >= 11 is 6.21. The standard InChI is InChI=1S/C20H20ClN5/c1-2-14-17(23-16-8-4-3-7-15(16)22-14)9-10-19-24-18(21)13-20(25-19)26-11-5-6-12-26/h3-4,7-10,13H,2,5-6,11-12H2,1H3. The van der Waals surface area contributed by atoms with Gasteiger partial charge in [-0.15, -0.1) is 0 Å². The second-order valence-electron chi connectivity index (χ2n) is 6.33. The zero-order valence-electron chi connectivity index (χ0n) is 14.7. The normalized spacial score (nSPS) is 14.6. The van der Waals surface area contributed by atoms with Gasteiger partial charge in [0.05, 0.1) is 22.4 Å². The largest absolute Gasteiger partial charge is 0.356 e. The van der Waals surface area contributed by atoms with Crippen LogP contribution in [0.5, 0.6) is 0 Å². The summed E-state index contributed by atoms with van der Waals surface area (Å²) in [5.74, 6) is 1.49. The van der Waals surface area contributed by atoms with E-state index in [2.05, 4.69) is 21.8 Å². The molecule has 1 fully saturated rings. The Labute approximate surface area is 157 Å². The van der Waals surface area contributed by atoms with Crippen LogP contribution in [0.15, 0.2) is 30.3 Å². The molecular weight excluding hydrogens is 346 g/mol. The number of aromatic nitrogens is 4. The van der Waals surface area contributed by atoms with Crippen molar-refractivity contribution in [3.63, 3.8) is 0 Å². The predicted molar refractivity (Wildman–Crippen MR) is 106 cm³/mol. The van der Waals surface area contributed by atoms with E-state index in [0.717, 1.165) is 47.7 Å². The van der Waals surface area contributed by atoms with Gasteiger partial charge < -0.3 is 4.90 Å². The lowest BCUT2D eigenvalue weighted by molar-refractivity contribution is 0.923. The number of fused-ring (bicyclic) bond motifs is 1. The van der Waals surface area contributed by atoms with Gasteiger partial charge in [0.15, 0.2) is 5.82 Å². The quantitative estimate of drug-likeness (QED) is 0.641. The Morgan fingerprint density at radius 3 is 2.46 bits per heavy atom. The first-order valence-corrected chi connectivity index (χ1v) is 9.34. The molecule has 1 aliphatic heterocycles. The molecule has 3 heterocycles. The SMILES string of the molecule is CCc1nc2ccccc2nc1C=Cc1nc(Cl)cc(N2CCCC2)n1. The van der Waals surface area contributed by atoms with Crippen LogP contribution in [-0.4, -0.2) is 33.0 Å². The van der Waals surface area contributed by atoms with Crippen LogP contribution in [0.25, 0.3) is 23.2 Å². The van der Waals surface area contributed by atoms with E-state index in [1.165, 1.54) is 12.8 Å². The first kappa shape index (κ1) is 16.9. The fourth-order valence-electron chi connectivity index (χ4n) is 3.20. The number of hydrogen-bond donors (Lipinski definition) is 0. The number of aryl methyl sites for hydroxylation is 1. The molecule has 0 amide bonds. The maximum absolute atomic E-state index is 6.21. The molecule has 0 unspecified atom stereocenters. The van der Waals surface area contributed by atoms with Crippen molar-refractivity contribution in [2.24, 2.45) is 0 Å². The summed E-state index contributed by atoms with van der Waals surface area (Å²) in [5, 5.41) is 0.460. The highest BCUT2D eigenvalue weighted by molar-refractivity contribution is 6.29. The van der Waals surface area contributed by atoms with Crippen LogP contribution in [0.4, 0.5) is 5.82 Å². The Morgan fingerprint density at radius 2 is 1.73 bits per heavy atom. The first-order valence-electron chi connectivity index (χ1n) is 8.96. The average Bonchev–Trinajstić information content (AvgIpc) is 3.20. The average molecular weight is 366 g/mol. The fourth-order valence-corrected chi connectivity index (χ4v) is 3.39. The van der Waals surface area contributed by atoms with E-state index in [1.54, 1.807) is 0 Å². The zero-order valence-corrected chi connectivity index (χ0v) is 15.4. The molecule has 2 aromatic heterocycles. The lowest BCUT2D eigenvalue weighted by Crippen LogP contribution is -2.19. The van der Waals surface area contributed by atoms with Crippen molar-refractivity contribution in [3.8, 4) is 0 Å². The molecule has 0 bridgehead atoms. The third-order valence-corrected chi connectivity index (χ3v) is 4.72. The van der Waals surface area contributed by atoms with E-state index in [1.807, 2.05) is 42.5 Å². The number of rotatable bonds is 4. The molecule has 3 aromatic rings. The Hall–Kier alpha value is -2.53. The molecule has 0 N–H and O–H groups in total. The molecule has 0 aliphatic carbocycles. The van der Waals surface area contributed by atoms with Crippen molar-refractivity contribution >= 4 is 40.6 Å². The lowest BCUT2D eigenvalue weighted by atomic mass is 10.2. The van der Waals surface area contributed by atoms with Gasteiger partial charge in [-0.3, -0.25) is 0 Å². The number of para-hydroxylation sites is 2. The highest BCUT2D eigenvalue weighted by Gasteiger charge is 2.15. The summed E-state index contributed by atoms with van der Waals surface area (Å²) in [4.78, 5) is 20.7. The van der Waals surface area contributed by atoms with Crippen LogP contribution in [0.1, 0.15) is 37.0 Å². The van der Waals surface area contributed by atoms with E-state index in [-0.39, 0.29) is 0 Å². The molecule has 5 nitrogen and oxygen atoms in total. The summed E-state index contributed by atoms with van der Waals surface area (Å²) < 4.78 is 0. The molecule has 0 atom stereocenters. The molecule has 0 radical (unpaired) electrons. The van der Waals surface area contributed by atoms with Gasteiger partial charge in [0.2, 0.25) is 0 Å². The lowest BCUT2D eigenvalue weighted by Gasteiger charge is -2.16. The number of benzene rings is 1. The van der Waals surface area contributed by atoms with E-state index in [4.69, 9.17) is 21.6 Å². The molecular formula is C20H20ClN5. The predicted octanol–water partition coefficient (Wildman–Crippen LogP) is 4.41. The van der Waals surface area contributed by atoms with Gasteiger partial charge in [0.1, 0.15) is 11.0 Å². The van der Waals surface area contributed by atoms with Crippen molar-refractivity contribution in [2.45, 2.75) is 26.2 Å². The van der Waals surface area contributed by atoms with Crippen molar-refractivity contribution in [1.29, 1.82) is 0 Å². The smallest absolute Gasteiger partial charge is 0.156 e. The molecule has 1 aliphatic rings. The van der Waals surface area contributed by atoms with E-state index < -0.39 is 0 Å². The summed E-state index contributed by atoms with van der Waals surface area (Å²) in [7, 11) is 0. The molecule has 0 saturated carbocycles. The van der Waals surface area contributed by atoms with E-state index in [0.29, 0.717) is 11.0 Å². The maximum atomic E-state index is 6.21. The minimum Gasteiger partial charge on any atom is -0.356 e. The molecule has 1 aromatic carbocycles. The Morgan fingerprint density at radius 1 is 1.00 bits per heavy atom. The topological polar surface area (TPSA) is 54.8 Å². The van der Waals surface area contributed by atoms with Crippen LogP contribution in [0.2, 0.25) is 5.15 Å². The monoisotopic (exact) mass is 365 g/mol. The molecule has 132 valence electrons. The van der Waals surface area contributed by atoms with Gasteiger partial charge >= 0.3 is 0 Å². The fraction of sp³-hybridized carbons (Fsp3) is 0.300. The zero-order chi connectivity index (χ0) is 17.9. The molecule has 26 heavy (non-hydrogen) atoms. The Balaban J connectivity index is 1.68. The Kier molecular flexibility index (Phi) is 4.80. The van der Waals surface area contributed by atoms with Gasteiger partial charge in [-0.25, -0.2) is 19.9 Å². The summed E-state index contributed by atoms with van der Waals surface area (Å²) in [5.41, 5.74) is 3.60. The van der Waals surface area contributed by atoms with Crippen LogP contribution in [-0.2, 0) is 6.42 Å². The third-order valence-electron chi connectivity index (χ3n) is 4.53. The van der Waals surface area contributed by atoms with Gasteiger partial charge in [0.25, 0.3) is 0 Å². The first-order chi connectivity index (χ1) is 12.7. The molecule has 4 rings (SSSR count). The molecule has 6 heteroatoms. The van der Waals surface area contributed by atoms with Gasteiger partial charge in [-0.05, 0) is 43.5 Å². The second kappa shape index (κ2) is 7.38. The number of hydrogen-bond acceptors (Lipinski definition) is 5. The van der Waals surface area contributed by atoms with E-state index >= 15 is 0 Å². The number of halogens is 1. The summed E-state index contributed by atoms with van der Waals surface area (Å²) in [6.45, 7) is 4.12. The third kappa shape index (κ3) is 3.53. The molecule has 0 spiro atoms. The highest BCUT2D eigenvalue weighted by atomic mass is 35.5. The van der Waals surface area contributed by atoms with Crippen LogP contribution >= 0.6 is 11.6 Å². The Bertz CT molecular complexity index is 964. The summed E-state index contributed by atoms with van der Waals surface area (Å²) in [6, 6.07) is 9.74. The van der Waals surface area contributed by atoms with Crippen LogP contribution in [0.3, 0.4) is 0 Å². The maximum Gasteiger partial charge on any atom is 0.156 e. The molecule has 1 saturated heterocycles. The van der Waals surface area contributed by atoms with Crippen molar-refractivity contribution in [3.05, 3.63) is 52.7 Å². The van der Waals surface area contributed by atoms with Crippen molar-refractivity contribution in [1.82, 2.24) is 19.9 Å². The van der Waals surface area contributed by atoms with Gasteiger partial charge in [0, 0.05) is 19.2 Å². The van der Waals surface area contributed by atoms with Crippen molar-refractivity contribution < 1.29 is 0 Å². The minimum absolute atomic E-state index is 0.460. The number of anilines is 1. The van der Waals surface area contributed by atoms with Crippen molar-refractivity contribution in [2.75, 3.05) is 18.0 Å². The summed E-state index contributed by atoms with van der Waals surface area (Å²) in [6.07, 6.45) is 6.99. The second-order valence-corrected chi connectivity index (χ2v) is 6.72. The van der Waals surface area contributed by atoms with Gasteiger partial charge in [-0.2, -0.15) is 0 Å². The highest BCUT2D eigenvalue weighted by Crippen LogP contribution is 2.22. The van der Waals surface area contributed by atoms with Gasteiger partial charge in [-0.1, -0.05) is 30.7 Å².